The Morgan fingerprint density at radius 2 is 1.31 bits per heavy atom. The topological polar surface area (TPSA) is 57.2 Å². The predicted octanol–water partition coefficient (Wildman–Crippen LogP) is 11.3. The van der Waals surface area contributed by atoms with E-state index in [1.54, 1.807) is 0 Å². The third-order valence-electron chi connectivity index (χ3n) is 11.2. The predicted molar refractivity (Wildman–Crippen MR) is 217 cm³/mol. The first-order valence-electron chi connectivity index (χ1n) is 18.6. The molecule has 8 aromatic rings. The normalized spacial score (nSPS) is 13.2. The van der Waals surface area contributed by atoms with Gasteiger partial charge in [-0.05, 0) is 102 Å². The van der Waals surface area contributed by atoms with Crippen LogP contribution in [-0.4, -0.2) is 24.1 Å². The van der Waals surface area contributed by atoms with E-state index < -0.39 is 5.41 Å². The van der Waals surface area contributed by atoms with Crippen LogP contribution in [0.15, 0.2) is 134 Å². The van der Waals surface area contributed by atoms with E-state index in [2.05, 4.69) is 190 Å². The van der Waals surface area contributed by atoms with E-state index in [0.717, 1.165) is 56.4 Å². The molecule has 0 unspecified atom stereocenters. The van der Waals surface area contributed by atoms with E-state index in [0.29, 0.717) is 11.8 Å². The Bertz CT molecular complexity index is 2680. The zero-order valence-electron chi connectivity index (χ0n) is 31.8. The zero-order valence-corrected chi connectivity index (χ0v) is 31.8. The van der Waals surface area contributed by atoms with Gasteiger partial charge < -0.3 is 4.74 Å². The number of ether oxygens (including phenoxy) is 1. The van der Waals surface area contributed by atoms with Crippen molar-refractivity contribution in [1.82, 2.24) is 24.1 Å². The van der Waals surface area contributed by atoms with Crippen LogP contribution < -0.4 is 4.74 Å². The molecular formula is C48H43N5O. The summed E-state index contributed by atoms with van der Waals surface area (Å²) in [6.07, 6.45) is 1.83. The van der Waals surface area contributed by atoms with Crippen molar-refractivity contribution in [2.45, 2.75) is 59.3 Å². The lowest BCUT2D eigenvalue weighted by Crippen LogP contribution is -2.29. The van der Waals surface area contributed by atoms with Gasteiger partial charge in [0.25, 0.3) is 0 Å². The highest BCUT2D eigenvalue weighted by atomic mass is 16.5. The monoisotopic (exact) mass is 705 g/mol. The first kappa shape index (κ1) is 33.6. The molecule has 54 heavy (non-hydrogen) atoms. The first-order chi connectivity index (χ1) is 26.1. The molecule has 0 fully saturated rings. The zero-order chi connectivity index (χ0) is 37.4. The molecule has 0 amide bonds. The standard InChI is InChI=1S/C48H43N5O/c1-30-32(3)52-43(50-30)27-37(29-45(52)54-44-28-35(24-25-49-44)47(5,6)7)48(41-22-13-11-20-39(41)40-21-12-14-23-42(40)48)36-18-15-19-38(26-36)53-33(4)46(31(2)51-53)34-16-9-8-10-17-34/h8-29H,1-7H3. The largest absolute Gasteiger partial charge is 0.422 e. The van der Waals surface area contributed by atoms with Gasteiger partial charge in [-0.25, -0.2) is 14.6 Å². The van der Waals surface area contributed by atoms with Crippen molar-refractivity contribution in [3.8, 4) is 39.7 Å². The fourth-order valence-electron chi connectivity index (χ4n) is 8.53. The maximum Gasteiger partial charge on any atom is 0.221 e. The molecule has 0 bridgehead atoms. The number of pyridine rings is 2. The molecule has 1 aliphatic rings. The number of benzene rings is 4. The second-order valence-electron chi connectivity index (χ2n) is 15.5. The first-order valence-corrected chi connectivity index (χ1v) is 18.6. The van der Waals surface area contributed by atoms with Gasteiger partial charge >= 0.3 is 0 Å². The molecule has 0 radical (unpaired) electrons. The van der Waals surface area contributed by atoms with Crippen LogP contribution in [0.5, 0.6) is 11.8 Å². The Morgan fingerprint density at radius 3 is 2.02 bits per heavy atom. The van der Waals surface area contributed by atoms with Gasteiger partial charge in [-0.3, -0.25) is 4.40 Å². The van der Waals surface area contributed by atoms with Crippen molar-refractivity contribution < 1.29 is 4.74 Å². The molecule has 9 rings (SSSR count). The molecular weight excluding hydrogens is 663 g/mol. The molecule has 4 heterocycles. The molecule has 0 saturated heterocycles. The minimum Gasteiger partial charge on any atom is -0.422 e. The van der Waals surface area contributed by atoms with Gasteiger partial charge in [0.15, 0.2) is 0 Å². The Hall–Kier alpha value is -6.27. The maximum absolute atomic E-state index is 6.84. The van der Waals surface area contributed by atoms with Crippen molar-refractivity contribution >= 4 is 5.65 Å². The molecule has 4 aromatic heterocycles. The number of aryl methyl sites for hydroxylation is 3. The summed E-state index contributed by atoms with van der Waals surface area (Å²) in [5, 5.41) is 5.12. The van der Waals surface area contributed by atoms with Crippen molar-refractivity contribution in [3.05, 3.63) is 184 Å². The van der Waals surface area contributed by atoms with Crippen LogP contribution in [-0.2, 0) is 10.8 Å². The average molecular weight is 706 g/mol. The van der Waals surface area contributed by atoms with Gasteiger partial charge in [-0.15, -0.1) is 0 Å². The van der Waals surface area contributed by atoms with Gasteiger partial charge in [0, 0.05) is 35.3 Å². The van der Waals surface area contributed by atoms with E-state index in [1.807, 2.05) is 6.20 Å². The van der Waals surface area contributed by atoms with Gasteiger partial charge in [0.05, 0.1) is 22.5 Å². The average Bonchev–Trinajstić information content (AvgIpc) is 3.77. The van der Waals surface area contributed by atoms with Crippen molar-refractivity contribution in [1.29, 1.82) is 0 Å². The summed E-state index contributed by atoms with van der Waals surface area (Å²) < 4.78 is 11.0. The van der Waals surface area contributed by atoms with Gasteiger partial charge in [-0.2, -0.15) is 5.10 Å². The molecule has 0 N–H and O–H groups in total. The van der Waals surface area contributed by atoms with Crippen LogP contribution in [0.1, 0.15) is 71.4 Å². The Balaban J connectivity index is 1.31. The highest BCUT2D eigenvalue weighted by Crippen LogP contribution is 2.57. The van der Waals surface area contributed by atoms with E-state index in [1.165, 1.54) is 27.8 Å². The third kappa shape index (κ3) is 5.12. The van der Waals surface area contributed by atoms with Crippen LogP contribution in [0.3, 0.4) is 0 Å². The second kappa shape index (κ2) is 12.4. The van der Waals surface area contributed by atoms with E-state index in [4.69, 9.17) is 14.8 Å². The summed E-state index contributed by atoms with van der Waals surface area (Å²) in [4.78, 5) is 9.79. The van der Waals surface area contributed by atoms with Crippen molar-refractivity contribution in [3.63, 3.8) is 0 Å². The van der Waals surface area contributed by atoms with E-state index >= 15 is 0 Å². The molecule has 4 aromatic carbocycles. The minimum absolute atomic E-state index is 0.0561. The summed E-state index contributed by atoms with van der Waals surface area (Å²) in [6.45, 7) is 15.0. The lowest BCUT2D eigenvalue weighted by Gasteiger charge is -2.34. The van der Waals surface area contributed by atoms with Crippen LogP contribution >= 0.6 is 0 Å². The van der Waals surface area contributed by atoms with Crippen molar-refractivity contribution in [2.75, 3.05) is 0 Å². The Morgan fingerprint density at radius 1 is 0.630 bits per heavy atom. The lowest BCUT2D eigenvalue weighted by molar-refractivity contribution is 0.432. The van der Waals surface area contributed by atoms with Crippen LogP contribution in [0.4, 0.5) is 0 Å². The number of aromatic nitrogens is 5. The Labute approximate surface area is 316 Å². The number of hydrogen-bond acceptors (Lipinski definition) is 4. The fourth-order valence-corrected chi connectivity index (χ4v) is 8.53. The summed E-state index contributed by atoms with van der Waals surface area (Å²) in [5.41, 5.74) is 15.7. The smallest absolute Gasteiger partial charge is 0.221 e. The van der Waals surface area contributed by atoms with Crippen molar-refractivity contribution in [2.24, 2.45) is 0 Å². The number of hydrogen-bond donors (Lipinski definition) is 0. The van der Waals surface area contributed by atoms with Crippen LogP contribution in [0.25, 0.3) is 33.6 Å². The van der Waals surface area contributed by atoms with Crippen LogP contribution in [0.2, 0.25) is 0 Å². The molecule has 6 nitrogen and oxygen atoms in total. The van der Waals surface area contributed by atoms with Crippen LogP contribution in [0, 0.1) is 27.7 Å². The molecule has 0 spiro atoms. The number of imidazole rings is 1. The SMILES string of the molecule is Cc1nn(-c2cccc(C3(c4cc(Oc5cc(C(C)(C)C)ccn5)n5c(C)c(C)nc5c4)c4ccccc4-c4ccccc43)c2)c(C)c1-c1ccccc1. The Kier molecular flexibility index (Phi) is 7.71. The number of rotatable bonds is 6. The lowest BCUT2D eigenvalue weighted by atomic mass is 9.68. The molecule has 0 atom stereocenters. The van der Waals surface area contributed by atoms with E-state index in [9.17, 15) is 0 Å². The number of nitrogens with zero attached hydrogens (tertiary/aromatic N) is 5. The molecule has 0 saturated carbocycles. The fraction of sp³-hybridized carbons (Fsp3) is 0.188. The molecule has 1 aliphatic carbocycles. The highest BCUT2D eigenvalue weighted by Gasteiger charge is 2.47. The van der Waals surface area contributed by atoms with Gasteiger partial charge in [-0.1, -0.05) is 112 Å². The molecule has 0 aliphatic heterocycles. The molecule has 266 valence electrons. The molecule has 6 heteroatoms. The third-order valence-corrected chi connectivity index (χ3v) is 11.2. The van der Waals surface area contributed by atoms with Gasteiger partial charge in [0.2, 0.25) is 11.8 Å². The summed E-state index contributed by atoms with van der Waals surface area (Å²) >= 11 is 0. The quantitative estimate of drug-likeness (QED) is 0.173. The number of fused-ring (bicyclic) bond motifs is 4. The van der Waals surface area contributed by atoms with E-state index in [-0.39, 0.29) is 5.41 Å². The summed E-state index contributed by atoms with van der Waals surface area (Å²) in [5.74, 6) is 1.22. The maximum atomic E-state index is 6.84. The highest BCUT2D eigenvalue weighted by molar-refractivity contribution is 5.87. The summed E-state index contributed by atoms with van der Waals surface area (Å²) in [6, 6.07) is 45.6. The second-order valence-corrected chi connectivity index (χ2v) is 15.5. The minimum atomic E-state index is -0.699. The van der Waals surface area contributed by atoms with Gasteiger partial charge in [0.1, 0.15) is 5.65 Å². The summed E-state index contributed by atoms with van der Waals surface area (Å²) in [7, 11) is 0.